The Kier molecular flexibility index (Phi) is 2.60. The first kappa shape index (κ1) is 9.45. The normalized spacial score (nSPS) is 36.8. The van der Waals surface area contributed by atoms with E-state index in [4.69, 9.17) is 0 Å². The van der Waals surface area contributed by atoms with Crippen molar-refractivity contribution in [2.75, 3.05) is 19.6 Å². The number of carbonyl (C=O) groups excluding carboxylic acids is 1. The van der Waals surface area contributed by atoms with Crippen LogP contribution in [0, 0.1) is 17.8 Å². The molecule has 0 aromatic heterocycles. The SMILES string of the molecule is C=CC(=O)NCC1C2CN(I)CC12. The number of piperidine rings is 1. The van der Waals surface area contributed by atoms with Crippen LogP contribution in [0.2, 0.25) is 0 Å². The van der Waals surface area contributed by atoms with Gasteiger partial charge in [0.1, 0.15) is 0 Å². The molecule has 0 aromatic rings. The molecule has 1 saturated heterocycles. The molecule has 4 heteroatoms. The van der Waals surface area contributed by atoms with Crippen LogP contribution < -0.4 is 5.32 Å². The zero-order valence-corrected chi connectivity index (χ0v) is 9.53. The molecule has 2 fully saturated rings. The van der Waals surface area contributed by atoms with Gasteiger partial charge in [-0.3, -0.25) is 4.79 Å². The summed E-state index contributed by atoms with van der Waals surface area (Å²) in [4.78, 5) is 10.9. The van der Waals surface area contributed by atoms with Crippen LogP contribution in [0.5, 0.6) is 0 Å². The summed E-state index contributed by atoms with van der Waals surface area (Å²) in [7, 11) is 0. The number of fused-ring (bicyclic) bond motifs is 1. The number of nitrogens with zero attached hydrogens (tertiary/aromatic N) is 1. The van der Waals surface area contributed by atoms with Gasteiger partial charge in [-0.05, 0) is 23.8 Å². The average Bonchev–Trinajstić information content (AvgIpc) is 2.56. The first-order chi connectivity index (χ1) is 6.22. The lowest BCUT2D eigenvalue weighted by atomic mass is 10.3. The highest BCUT2D eigenvalue weighted by Crippen LogP contribution is 2.52. The highest BCUT2D eigenvalue weighted by atomic mass is 127. The van der Waals surface area contributed by atoms with Crippen molar-refractivity contribution >= 4 is 28.8 Å². The van der Waals surface area contributed by atoms with Gasteiger partial charge < -0.3 is 5.32 Å². The van der Waals surface area contributed by atoms with Crippen molar-refractivity contribution in [1.82, 2.24) is 8.43 Å². The largest absolute Gasteiger partial charge is 0.352 e. The minimum atomic E-state index is -0.0451. The Morgan fingerprint density at radius 2 is 2.23 bits per heavy atom. The molecule has 2 atom stereocenters. The van der Waals surface area contributed by atoms with Gasteiger partial charge in [0, 0.05) is 42.5 Å². The fourth-order valence-corrected chi connectivity index (χ4v) is 3.10. The molecule has 1 aliphatic heterocycles. The van der Waals surface area contributed by atoms with Crippen LogP contribution in [0.3, 0.4) is 0 Å². The minimum absolute atomic E-state index is 0.0451. The van der Waals surface area contributed by atoms with Crippen LogP contribution in [-0.2, 0) is 4.79 Å². The summed E-state index contributed by atoms with van der Waals surface area (Å²) in [6.07, 6.45) is 1.34. The van der Waals surface area contributed by atoms with E-state index in [1.165, 1.54) is 19.2 Å². The van der Waals surface area contributed by atoms with Crippen LogP contribution in [0.25, 0.3) is 0 Å². The summed E-state index contributed by atoms with van der Waals surface area (Å²) in [5, 5.41) is 2.86. The maximum absolute atomic E-state index is 10.9. The standard InChI is InChI=1S/C9H13IN2O/c1-2-9(13)11-3-6-7-4-12(10)5-8(6)7/h2,6-8H,1,3-5H2,(H,11,13). The molecule has 1 heterocycles. The van der Waals surface area contributed by atoms with E-state index in [2.05, 4.69) is 37.9 Å². The number of hydrogen-bond acceptors (Lipinski definition) is 2. The van der Waals surface area contributed by atoms with Crippen molar-refractivity contribution in [3.63, 3.8) is 0 Å². The van der Waals surface area contributed by atoms with Crippen LogP contribution >= 0.6 is 22.9 Å². The van der Waals surface area contributed by atoms with Crippen molar-refractivity contribution in [3.8, 4) is 0 Å². The van der Waals surface area contributed by atoms with E-state index in [1.807, 2.05) is 0 Å². The molecule has 72 valence electrons. The summed E-state index contributed by atoms with van der Waals surface area (Å²) in [5.74, 6) is 2.36. The maximum Gasteiger partial charge on any atom is 0.243 e. The molecule has 13 heavy (non-hydrogen) atoms. The minimum Gasteiger partial charge on any atom is -0.352 e. The van der Waals surface area contributed by atoms with Gasteiger partial charge in [-0.1, -0.05) is 6.58 Å². The fourth-order valence-electron chi connectivity index (χ4n) is 2.19. The lowest BCUT2D eigenvalue weighted by Crippen LogP contribution is -2.26. The highest BCUT2D eigenvalue weighted by molar-refractivity contribution is 14.1. The molecule has 0 bridgehead atoms. The third-order valence-electron chi connectivity index (χ3n) is 3.02. The van der Waals surface area contributed by atoms with E-state index in [9.17, 15) is 4.79 Å². The van der Waals surface area contributed by atoms with Gasteiger partial charge in [-0.25, -0.2) is 3.11 Å². The number of halogens is 1. The summed E-state index contributed by atoms with van der Waals surface area (Å²) >= 11 is 2.37. The van der Waals surface area contributed by atoms with Gasteiger partial charge >= 0.3 is 0 Å². The van der Waals surface area contributed by atoms with Gasteiger partial charge in [-0.2, -0.15) is 0 Å². The summed E-state index contributed by atoms with van der Waals surface area (Å²) in [5.41, 5.74) is 0. The lowest BCUT2D eigenvalue weighted by Gasteiger charge is -2.10. The van der Waals surface area contributed by atoms with Crippen LogP contribution in [-0.4, -0.2) is 28.7 Å². The molecule has 0 spiro atoms. The number of nitrogens with one attached hydrogen (secondary N) is 1. The first-order valence-corrected chi connectivity index (χ1v) is 5.50. The molecule has 1 N–H and O–H groups in total. The van der Waals surface area contributed by atoms with E-state index in [0.717, 1.165) is 24.3 Å². The van der Waals surface area contributed by atoms with Crippen molar-refractivity contribution in [2.45, 2.75) is 0 Å². The van der Waals surface area contributed by atoms with E-state index >= 15 is 0 Å². The second-order valence-electron chi connectivity index (χ2n) is 3.77. The Morgan fingerprint density at radius 3 is 2.77 bits per heavy atom. The van der Waals surface area contributed by atoms with Gasteiger partial charge in [0.2, 0.25) is 5.91 Å². The average molecular weight is 292 g/mol. The number of carbonyl (C=O) groups is 1. The van der Waals surface area contributed by atoms with Crippen LogP contribution in [0.15, 0.2) is 12.7 Å². The molecular weight excluding hydrogens is 279 g/mol. The Labute approximate surface area is 92.0 Å². The molecule has 0 radical (unpaired) electrons. The zero-order valence-electron chi connectivity index (χ0n) is 7.37. The Bertz CT molecular complexity index is 232. The fraction of sp³-hybridized carbons (Fsp3) is 0.667. The van der Waals surface area contributed by atoms with Gasteiger partial charge in [-0.15, -0.1) is 0 Å². The molecule has 0 aromatic carbocycles. The van der Waals surface area contributed by atoms with Gasteiger partial charge in [0.05, 0.1) is 0 Å². The molecule has 2 unspecified atom stereocenters. The predicted molar refractivity (Wildman–Crippen MR) is 59.3 cm³/mol. The van der Waals surface area contributed by atoms with Crippen molar-refractivity contribution in [2.24, 2.45) is 17.8 Å². The monoisotopic (exact) mass is 292 g/mol. The van der Waals surface area contributed by atoms with Gasteiger partial charge in [0.25, 0.3) is 0 Å². The quantitative estimate of drug-likeness (QED) is 0.474. The third-order valence-corrected chi connectivity index (χ3v) is 3.81. The molecule has 1 aliphatic carbocycles. The second-order valence-corrected chi connectivity index (χ2v) is 5.13. The Hall–Kier alpha value is -0.100. The topological polar surface area (TPSA) is 32.3 Å². The van der Waals surface area contributed by atoms with Gasteiger partial charge in [0.15, 0.2) is 0 Å². The van der Waals surface area contributed by atoms with E-state index < -0.39 is 0 Å². The summed E-state index contributed by atoms with van der Waals surface area (Å²) in [6, 6.07) is 0. The highest BCUT2D eigenvalue weighted by Gasteiger charge is 2.54. The van der Waals surface area contributed by atoms with Crippen molar-refractivity contribution in [1.29, 1.82) is 0 Å². The van der Waals surface area contributed by atoms with Crippen molar-refractivity contribution in [3.05, 3.63) is 12.7 Å². The maximum atomic E-state index is 10.9. The van der Waals surface area contributed by atoms with Crippen molar-refractivity contribution < 1.29 is 4.79 Å². The van der Waals surface area contributed by atoms with E-state index in [0.29, 0.717) is 0 Å². The smallest absolute Gasteiger partial charge is 0.243 e. The molecule has 1 saturated carbocycles. The molecule has 2 rings (SSSR count). The third kappa shape index (κ3) is 1.88. The van der Waals surface area contributed by atoms with Crippen LogP contribution in [0.4, 0.5) is 0 Å². The number of hydrogen-bond donors (Lipinski definition) is 1. The molecule has 3 nitrogen and oxygen atoms in total. The molecule has 1 amide bonds. The van der Waals surface area contributed by atoms with E-state index in [1.54, 1.807) is 0 Å². The van der Waals surface area contributed by atoms with E-state index in [-0.39, 0.29) is 5.91 Å². The zero-order chi connectivity index (χ0) is 9.42. The predicted octanol–water partition coefficient (Wildman–Crippen LogP) is 0.816. The van der Waals surface area contributed by atoms with Crippen LogP contribution in [0.1, 0.15) is 0 Å². The molecule has 2 aliphatic rings. The Morgan fingerprint density at radius 1 is 1.62 bits per heavy atom. The summed E-state index contributed by atoms with van der Waals surface area (Å²) < 4.78 is 2.33. The number of rotatable bonds is 3. The lowest BCUT2D eigenvalue weighted by molar-refractivity contribution is -0.116. The summed E-state index contributed by atoms with van der Waals surface area (Å²) in [6.45, 7) is 6.65. The second kappa shape index (κ2) is 3.57. The Balaban J connectivity index is 1.70. The first-order valence-electron chi connectivity index (χ1n) is 4.53. The number of amides is 1. The molecular formula is C9H13IN2O.